The third kappa shape index (κ3) is 7.44. The van der Waals surface area contributed by atoms with Crippen molar-refractivity contribution in [2.24, 2.45) is 34.0 Å². The molecule has 1 aromatic carbocycles. The minimum Gasteiger partial charge on any atom is -0.469 e. The zero-order valence-electron chi connectivity index (χ0n) is 41.6. The predicted molar refractivity (Wildman–Crippen MR) is 237 cm³/mol. The molecule has 5 N–H and O–H groups in total. The van der Waals surface area contributed by atoms with Gasteiger partial charge in [-0.3, -0.25) is 13.8 Å². The van der Waals surface area contributed by atoms with Crippen molar-refractivity contribution in [3.8, 4) is 5.69 Å². The molecule has 10 rings (SSSR count). The number of ether oxygens (including phenoxy) is 9. The number of allylic oxidation sites excluding steroid dienone is 1. The minimum atomic E-state index is -4.96. The Labute approximate surface area is 429 Å². The topological polar surface area (TPSA) is 289 Å². The molecule has 8 aliphatic rings. The van der Waals surface area contributed by atoms with E-state index in [4.69, 9.17) is 48.4 Å². The maximum absolute atomic E-state index is 14.2. The Morgan fingerprint density at radius 1 is 1.00 bits per heavy atom. The van der Waals surface area contributed by atoms with Gasteiger partial charge in [0.15, 0.2) is 5.60 Å². The summed E-state index contributed by atoms with van der Waals surface area (Å²) in [5.41, 5.74) is -4.96. The number of hydrogen-bond donors (Lipinski definition) is 4. The molecule has 2 bridgehead atoms. The zero-order chi connectivity index (χ0) is 56.1. The first-order chi connectivity index (χ1) is 35.2. The lowest BCUT2D eigenvalue weighted by molar-refractivity contribution is -0.314. The van der Waals surface area contributed by atoms with E-state index >= 15 is 0 Å². The number of methoxy groups -OCH3 is 2. The molecular formula is C47H53F7N4O17S. The summed E-state index contributed by atoms with van der Waals surface area (Å²) in [6, 6.07) is 1.44. The van der Waals surface area contributed by atoms with E-state index in [1.807, 2.05) is 0 Å². The van der Waals surface area contributed by atoms with Crippen molar-refractivity contribution >= 4 is 40.6 Å². The molecule has 3 aliphatic carbocycles. The number of nitrogens with zero attached hydrogens (tertiary/aromatic N) is 3. The predicted octanol–water partition coefficient (Wildman–Crippen LogP) is 2.78. The van der Waals surface area contributed by atoms with Crippen molar-refractivity contribution in [3.05, 3.63) is 53.3 Å². The van der Waals surface area contributed by atoms with Crippen LogP contribution in [0.15, 0.2) is 41.0 Å². The number of anilines is 1. The number of esters is 4. The molecule has 6 heterocycles. The number of rotatable bonds is 9. The fourth-order valence-electron chi connectivity index (χ4n) is 14.1. The van der Waals surface area contributed by atoms with Crippen LogP contribution in [0.1, 0.15) is 58.8 Å². The second-order valence-electron chi connectivity index (χ2n) is 20.6. The van der Waals surface area contributed by atoms with Gasteiger partial charge in [0.25, 0.3) is 11.6 Å². The number of epoxide rings is 1. The number of aliphatic hydroxyl groups excluding tert-OH is 1. The van der Waals surface area contributed by atoms with Gasteiger partial charge in [0.05, 0.1) is 62.8 Å². The summed E-state index contributed by atoms with van der Waals surface area (Å²) in [7, 11) is -0.359. The van der Waals surface area contributed by atoms with Gasteiger partial charge in [-0.2, -0.15) is 36.0 Å². The Morgan fingerprint density at radius 2 is 1.67 bits per heavy atom. The van der Waals surface area contributed by atoms with Crippen LogP contribution in [0.3, 0.4) is 0 Å². The van der Waals surface area contributed by atoms with Crippen LogP contribution in [0.5, 0.6) is 0 Å². The van der Waals surface area contributed by atoms with E-state index in [2.05, 4.69) is 10.1 Å². The third-order valence-corrected chi connectivity index (χ3v) is 18.5. The van der Waals surface area contributed by atoms with E-state index in [9.17, 15) is 69.4 Å². The zero-order valence-corrected chi connectivity index (χ0v) is 42.5. The molecule has 418 valence electrons. The Hall–Kier alpha value is -5.30. The summed E-state index contributed by atoms with van der Waals surface area (Å²) in [4.78, 5) is 56.9. The van der Waals surface area contributed by atoms with Crippen LogP contribution in [-0.2, 0) is 78.8 Å². The van der Waals surface area contributed by atoms with Crippen molar-refractivity contribution < 1.29 is 112 Å². The number of carbonyl (C=O) groups excluding carboxylic acids is 4. The lowest BCUT2D eigenvalue weighted by Gasteiger charge is -2.65. The van der Waals surface area contributed by atoms with Gasteiger partial charge in [0, 0.05) is 52.4 Å². The number of fused-ring (bicyclic) bond motifs is 7. The van der Waals surface area contributed by atoms with Gasteiger partial charge in [-0.25, -0.2) is 14.0 Å². The van der Waals surface area contributed by atoms with Crippen LogP contribution < -0.4 is 5.73 Å². The number of alkyl halides is 6. The van der Waals surface area contributed by atoms with Gasteiger partial charge in [-0.1, -0.05) is 13.0 Å². The lowest BCUT2D eigenvalue weighted by atomic mass is 9.37. The summed E-state index contributed by atoms with van der Waals surface area (Å²) in [5, 5.41) is 40.5. The molecule has 29 heteroatoms. The first-order valence-corrected chi connectivity index (χ1v) is 24.9. The Bertz CT molecular complexity index is 2870. The van der Waals surface area contributed by atoms with E-state index in [1.165, 1.54) is 26.2 Å². The maximum Gasteiger partial charge on any atom is 0.453 e. The van der Waals surface area contributed by atoms with Crippen molar-refractivity contribution in [1.82, 2.24) is 14.8 Å². The molecule has 17 atom stereocenters. The molecular weight excluding hydrogens is 1060 g/mol. The van der Waals surface area contributed by atoms with E-state index < -0.39 is 188 Å². The number of halogens is 7. The highest BCUT2D eigenvalue weighted by Gasteiger charge is 2.97. The number of aliphatic hydroxyl groups is 3. The van der Waals surface area contributed by atoms with Crippen LogP contribution in [0.2, 0.25) is 0 Å². The molecule has 2 aromatic rings. The third-order valence-electron chi connectivity index (χ3n) is 17.0. The van der Waals surface area contributed by atoms with Crippen LogP contribution in [-0.4, -0.2) is 157 Å². The maximum atomic E-state index is 14.2. The molecule has 1 unspecified atom stereocenters. The summed E-state index contributed by atoms with van der Waals surface area (Å²) in [5.74, 6) is -15.1. The molecule has 5 aliphatic heterocycles. The van der Waals surface area contributed by atoms with Gasteiger partial charge >= 0.3 is 36.2 Å². The summed E-state index contributed by atoms with van der Waals surface area (Å²) in [6.07, 6.45) is -12.8. The van der Waals surface area contributed by atoms with Crippen molar-refractivity contribution in [1.29, 1.82) is 0 Å². The van der Waals surface area contributed by atoms with Gasteiger partial charge in [-0.05, 0) is 57.9 Å². The van der Waals surface area contributed by atoms with Gasteiger partial charge in [0.2, 0.25) is 12.2 Å². The monoisotopic (exact) mass is 1110 g/mol. The Morgan fingerprint density at radius 3 is 2.26 bits per heavy atom. The second-order valence-corrected chi connectivity index (χ2v) is 22.0. The smallest absolute Gasteiger partial charge is 0.453 e. The van der Waals surface area contributed by atoms with Gasteiger partial charge in [0.1, 0.15) is 46.1 Å². The first kappa shape index (κ1) is 55.5. The number of nitrogens with two attached hydrogens (primary N) is 1. The molecule has 4 saturated heterocycles. The average molecular weight is 1110 g/mol. The Balaban J connectivity index is 0.000000238. The quantitative estimate of drug-likeness (QED) is 0.0923. The van der Waals surface area contributed by atoms with E-state index in [0.717, 1.165) is 20.3 Å². The molecule has 3 saturated carbocycles. The number of nitrogen functional groups attached to an aromatic ring is 1. The normalized spacial score (nSPS) is 40.8. The lowest BCUT2D eigenvalue weighted by Crippen LogP contribution is -2.79. The summed E-state index contributed by atoms with van der Waals surface area (Å²) in [6.45, 7) is 8.09. The molecule has 0 amide bonds. The van der Waals surface area contributed by atoms with Crippen molar-refractivity contribution in [2.45, 2.75) is 131 Å². The minimum absolute atomic E-state index is 0.0708. The standard InChI is InChI=1S/C35H44O16.C12H9F7N4OS/c1-8-15(2)24(38)49-18-12-19(48-16(3)36)32(26(39)43-6)13-46-21-22(32)31(18)14-47-34(42,27(40)44-7)25(31)29(4,23(21)37)35-20-11-17(30(35,5)51-35)33(41)9-10-45-28(33)50-20;1-5-2-6(13)7(3-8(5)25(24)4-11(14,15)16)23-10(20)21-9(22-23)12(17,18)19/h8-10,17-23,25,28,37,41-42H,11-14H2,1-7H3;2-3H,4H2,1H3,(H2,20,21,22)/b15-8+;/t17-,18+,19-,20+,21-,22-,23-,25+,28+,29-,30+,31+,32+,33+,34+,35+;/m1./s1. The number of hydrogen-bond acceptors (Lipinski definition) is 20. The molecule has 1 spiro atoms. The van der Waals surface area contributed by atoms with Crippen molar-refractivity contribution in [3.63, 3.8) is 0 Å². The van der Waals surface area contributed by atoms with Crippen LogP contribution in [0, 0.1) is 46.7 Å². The fourth-order valence-corrected chi connectivity index (χ4v) is 15.2. The highest BCUT2D eigenvalue weighted by molar-refractivity contribution is 7.85. The Kier molecular flexibility index (Phi) is 13.0. The summed E-state index contributed by atoms with van der Waals surface area (Å²) >= 11 is 0. The van der Waals surface area contributed by atoms with E-state index in [1.54, 1.807) is 33.8 Å². The number of carbonyl (C=O) groups is 4. The largest absolute Gasteiger partial charge is 0.469 e. The average Bonchev–Trinajstić information content (AvgIpc) is 3.98. The van der Waals surface area contributed by atoms with E-state index in [-0.39, 0.29) is 28.7 Å². The molecule has 21 nitrogen and oxygen atoms in total. The molecule has 7 fully saturated rings. The van der Waals surface area contributed by atoms with E-state index in [0.29, 0.717) is 6.07 Å². The molecule has 0 radical (unpaired) electrons. The van der Waals surface area contributed by atoms with Gasteiger partial charge in [-0.15, -0.1) is 5.10 Å². The van der Waals surface area contributed by atoms with Crippen LogP contribution in [0.25, 0.3) is 5.69 Å². The number of aryl methyl sites for hydroxylation is 1. The first-order valence-electron chi connectivity index (χ1n) is 23.6. The fraction of sp³-hybridized carbons (Fsp3) is 0.660. The SMILES string of the molecule is C/C=C(\C)C(=O)O[C@H]1C[C@@H](OC(C)=O)[C@@]2(C(=O)OC)CO[C@H]3[C@@H](O)[C@@](C)([C@]45O[C@@]4(C)[C@H]4C[C@@H]5O[C@@H]5OC=C[C@@]54O)[C@H]4[C@]1(CO[C@]4(O)C(=O)OC)[C@@H]32.Cc1cc(F)c(-n2nc(C(F)(F)F)nc2N)cc1S(=O)CC(F)(F)F. The van der Waals surface area contributed by atoms with Crippen LogP contribution >= 0.6 is 0 Å². The number of benzene rings is 1. The van der Waals surface area contributed by atoms with Crippen LogP contribution in [0.4, 0.5) is 36.7 Å². The second kappa shape index (κ2) is 17.9. The highest BCUT2D eigenvalue weighted by Crippen LogP contribution is 2.83. The van der Waals surface area contributed by atoms with Crippen molar-refractivity contribution in [2.75, 3.05) is 38.9 Å². The number of aromatic nitrogens is 3. The van der Waals surface area contributed by atoms with Gasteiger partial charge < -0.3 is 63.7 Å². The highest BCUT2D eigenvalue weighted by atomic mass is 32.2. The molecule has 1 aromatic heterocycles. The molecule has 76 heavy (non-hydrogen) atoms. The summed E-state index contributed by atoms with van der Waals surface area (Å²) < 4.78 is 155.